The zero-order valence-corrected chi connectivity index (χ0v) is 11.6. The predicted molar refractivity (Wildman–Crippen MR) is 78.5 cm³/mol. The van der Waals surface area contributed by atoms with Crippen LogP contribution in [0.15, 0.2) is 33.6 Å². The summed E-state index contributed by atoms with van der Waals surface area (Å²) in [6.07, 6.45) is 7.23. The summed E-state index contributed by atoms with van der Waals surface area (Å²) in [5.74, 6) is 0. The Morgan fingerprint density at radius 2 is 1.95 bits per heavy atom. The van der Waals surface area contributed by atoms with Crippen molar-refractivity contribution in [2.45, 2.75) is 13.3 Å². The van der Waals surface area contributed by atoms with Crippen molar-refractivity contribution in [2.24, 2.45) is 10.2 Å². The maximum atomic E-state index is 10.1. The van der Waals surface area contributed by atoms with Crippen LogP contribution in [-0.4, -0.2) is 61.8 Å². The van der Waals surface area contributed by atoms with Crippen LogP contribution in [0.3, 0.4) is 0 Å². The van der Waals surface area contributed by atoms with Crippen LogP contribution < -0.4 is 0 Å². The second kappa shape index (κ2) is 7.31. The Kier molecular flexibility index (Phi) is 5.42. The SMILES string of the molecule is CC1=CC=C(CN2CCN(CCN=O)CC2)CC=N1. The molecule has 2 rings (SSSR count). The van der Waals surface area contributed by atoms with Crippen molar-refractivity contribution < 1.29 is 0 Å². The van der Waals surface area contributed by atoms with E-state index in [1.807, 2.05) is 13.1 Å². The Hall–Kier alpha value is -1.33. The standard InChI is InChI=1S/C14H22N4O/c1-13-2-3-14(4-5-15-13)12-18-10-8-17(9-11-18)7-6-16-19/h2-3,5H,4,6-12H2,1H3. The number of nitroso groups, excluding NO2 is 1. The first-order chi connectivity index (χ1) is 9.28. The van der Waals surface area contributed by atoms with Crippen molar-refractivity contribution in [3.05, 3.63) is 28.3 Å². The molecule has 0 aromatic rings. The second-order valence-corrected chi connectivity index (χ2v) is 5.12. The maximum absolute atomic E-state index is 10.1. The molecular weight excluding hydrogens is 240 g/mol. The number of aliphatic imine (C=N–C) groups is 1. The topological polar surface area (TPSA) is 48.3 Å². The molecule has 0 spiro atoms. The molecule has 2 aliphatic rings. The molecule has 5 nitrogen and oxygen atoms in total. The third kappa shape index (κ3) is 4.69. The normalized spacial score (nSPS) is 21.7. The second-order valence-electron chi connectivity index (χ2n) is 5.12. The van der Waals surface area contributed by atoms with Gasteiger partial charge in [0, 0.05) is 57.6 Å². The third-order valence-electron chi connectivity index (χ3n) is 3.61. The molecule has 1 saturated heterocycles. The molecule has 0 saturated carbocycles. The van der Waals surface area contributed by atoms with Gasteiger partial charge in [-0.2, -0.15) is 4.91 Å². The first kappa shape index (κ1) is 14.1. The Bertz CT molecular complexity index is 392. The van der Waals surface area contributed by atoms with Gasteiger partial charge in [-0.3, -0.25) is 14.8 Å². The highest BCUT2D eigenvalue weighted by Crippen LogP contribution is 2.11. The summed E-state index contributed by atoms with van der Waals surface area (Å²) < 4.78 is 0. The molecule has 0 aliphatic carbocycles. The molecular formula is C14H22N4O. The van der Waals surface area contributed by atoms with E-state index in [4.69, 9.17) is 0 Å². The van der Waals surface area contributed by atoms with Crippen LogP contribution in [0.4, 0.5) is 0 Å². The van der Waals surface area contributed by atoms with Crippen molar-refractivity contribution in [3.63, 3.8) is 0 Å². The van der Waals surface area contributed by atoms with Crippen LogP contribution in [0.25, 0.3) is 0 Å². The average Bonchev–Trinajstić information content (AvgIpc) is 2.63. The van der Waals surface area contributed by atoms with Crippen molar-refractivity contribution >= 4 is 6.21 Å². The number of rotatable bonds is 5. The van der Waals surface area contributed by atoms with Crippen LogP contribution in [-0.2, 0) is 0 Å². The van der Waals surface area contributed by atoms with Gasteiger partial charge in [-0.15, -0.1) is 0 Å². The predicted octanol–water partition coefficient (Wildman–Crippen LogP) is 1.68. The van der Waals surface area contributed by atoms with Crippen LogP contribution in [0, 0.1) is 4.91 Å². The van der Waals surface area contributed by atoms with Gasteiger partial charge in [0.15, 0.2) is 0 Å². The van der Waals surface area contributed by atoms with Crippen molar-refractivity contribution in [3.8, 4) is 0 Å². The lowest BCUT2D eigenvalue weighted by Gasteiger charge is -2.34. The lowest BCUT2D eigenvalue weighted by molar-refractivity contribution is 0.143. The van der Waals surface area contributed by atoms with Gasteiger partial charge in [-0.05, 0) is 13.0 Å². The van der Waals surface area contributed by atoms with Gasteiger partial charge in [0.2, 0.25) is 0 Å². The molecule has 0 radical (unpaired) electrons. The summed E-state index contributed by atoms with van der Waals surface area (Å²) in [6.45, 7) is 8.45. The van der Waals surface area contributed by atoms with E-state index in [9.17, 15) is 4.91 Å². The number of allylic oxidation sites excluding steroid dienone is 3. The van der Waals surface area contributed by atoms with E-state index in [1.165, 1.54) is 5.57 Å². The van der Waals surface area contributed by atoms with Gasteiger partial charge in [-0.1, -0.05) is 16.8 Å². The van der Waals surface area contributed by atoms with Gasteiger partial charge in [0.1, 0.15) is 0 Å². The van der Waals surface area contributed by atoms with E-state index in [0.29, 0.717) is 6.54 Å². The van der Waals surface area contributed by atoms with Gasteiger partial charge < -0.3 is 0 Å². The molecule has 0 aromatic carbocycles. The number of hydrogen-bond acceptors (Lipinski definition) is 5. The van der Waals surface area contributed by atoms with Crippen LogP contribution in [0.1, 0.15) is 13.3 Å². The van der Waals surface area contributed by atoms with E-state index >= 15 is 0 Å². The summed E-state index contributed by atoms with van der Waals surface area (Å²) in [6, 6.07) is 0. The highest BCUT2D eigenvalue weighted by atomic mass is 16.3. The summed E-state index contributed by atoms with van der Waals surface area (Å²) in [5.41, 5.74) is 2.49. The van der Waals surface area contributed by atoms with E-state index < -0.39 is 0 Å². The highest BCUT2D eigenvalue weighted by Gasteiger charge is 2.17. The molecule has 0 unspecified atom stereocenters. The zero-order chi connectivity index (χ0) is 13.5. The minimum absolute atomic E-state index is 0.408. The van der Waals surface area contributed by atoms with Crippen LogP contribution in [0.5, 0.6) is 0 Å². The summed E-state index contributed by atoms with van der Waals surface area (Å²) in [5, 5.41) is 2.92. The largest absolute Gasteiger partial charge is 0.299 e. The number of nitrogens with zero attached hydrogens (tertiary/aromatic N) is 4. The number of hydrogen-bond donors (Lipinski definition) is 0. The summed E-state index contributed by atoms with van der Waals surface area (Å²) >= 11 is 0. The Morgan fingerprint density at radius 3 is 2.68 bits per heavy atom. The molecule has 2 aliphatic heterocycles. The molecule has 0 bridgehead atoms. The number of piperazine rings is 1. The first-order valence-corrected chi connectivity index (χ1v) is 6.90. The fourth-order valence-corrected chi connectivity index (χ4v) is 2.41. The van der Waals surface area contributed by atoms with E-state index in [1.54, 1.807) is 0 Å². The minimum atomic E-state index is 0.408. The van der Waals surface area contributed by atoms with Gasteiger partial charge >= 0.3 is 0 Å². The Labute approximate surface area is 114 Å². The Balaban J connectivity index is 1.76. The van der Waals surface area contributed by atoms with Crippen LogP contribution >= 0.6 is 0 Å². The molecule has 5 heteroatoms. The molecule has 1 fully saturated rings. The van der Waals surface area contributed by atoms with Crippen molar-refractivity contribution in [1.82, 2.24) is 9.80 Å². The maximum Gasteiger partial charge on any atom is 0.0938 e. The monoisotopic (exact) mass is 262 g/mol. The molecule has 0 N–H and O–H groups in total. The van der Waals surface area contributed by atoms with E-state index in [2.05, 4.69) is 32.1 Å². The fourth-order valence-electron chi connectivity index (χ4n) is 2.41. The molecule has 19 heavy (non-hydrogen) atoms. The lowest BCUT2D eigenvalue weighted by atomic mass is 10.1. The van der Waals surface area contributed by atoms with Gasteiger partial charge in [-0.25, -0.2) is 0 Å². The smallest absolute Gasteiger partial charge is 0.0938 e. The molecule has 0 atom stereocenters. The van der Waals surface area contributed by atoms with Crippen molar-refractivity contribution in [1.29, 1.82) is 0 Å². The highest BCUT2D eigenvalue weighted by molar-refractivity contribution is 5.64. The van der Waals surface area contributed by atoms with Gasteiger partial charge in [0.05, 0.1) is 6.54 Å². The molecule has 0 aromatic heterocycles. The molecule has 2 heterocycles. The minimum Gasteiger partial charge on any atom is -0.299 e. The molecule has 0 amide bonds. The van der Waals surface area contributed by atoms with Crippen molar-refractivity contribution in [2.75, 3.05) is 45.8 Å². The Morgan fingerprint density at radius 1 is 1.21 bits per heavy atom. The molecule has 104 valence electrons. The first-order valence-electron chi connectivity index (χ1n) is 6.90. The van der Waals surface area contributed by atoms with E-state index in [0.717, 1.165) is 51.4 Å². The zero-order valence-electron chi connectivity index (χ0n) is 11.6. The fraction of sp³-hybridized carbons (Fsp3) is 0.643. The summed E-state index contributed by atoms with van der Waals surface area (Å²) in [4.78, 5) is 19.2. The third-order valence-corrected chi connectivity index (χ3v) is 3.61. The quantitative estimate of drug-likeness (QED) is 0.708. The van der Waals surface area contributed by atoms with Gasteiger partial charge in [0.25, 0.3) is 0 Å². The van der Waals surface area contributed by atoms with Crippen LogP contribution in [0.2, 0.25) is 0 Å². The lowest BCUT2D eigenvalue weighted by Crippen LogP contribution is -2.47. The summed E-state index contributed by atoms with van der Waals surface area (Å²) in [7, 11) is 0. The van der Waals surface area contributed by atoms with E-state index in [-0.39, 0.29) is 0 Å². The average molecular weight is 262 g/mol.